The Morgan fingerprint density at radius 2 is 2.20 bits per heavy atom. The van der Waals surface area contributed by atoms with Crippen LogP contribution >= 0.6 is 0 Å². The highest BCUT2D eigenvalue weighted by Crippen LogP contribution is 2.42. The second-order valence-corrected chi connectivity index (χ2v) is 4.70. The third kappa shape index (κ3) is 3.47. The van der Waals surface area contributed by atoms with E-state index >= 15 is 0 Å². The summed E-state index contributed by atoms with van der Waals surface area (Å²) in [5, 5.41) is 11.8. The SMILES string of the molecule is COCCNC(=O)CNC(=O)c1n[nH]c(C2CC2)c1N. The number of nitrogen functional groups attached to an aromatic ring is 1. The summed E-state index contributed by atoms with van der Waals surface area (Å²) in [6.45, 7) is 0.714. The molecule has 0 aromatic carbocycles. The number of methoxy groups -OCH3 is 1. The van der Waals surface area contributed by atoms with Crippen molar-refractivity contribution in [2.45, 2.75) is 18.8 Å². The standard InChI is InChI=1S/C12H19N5O3/c1-20-5-4-14-8(18)6-15-12(19)11-9(13)10(16-17-11)7-2-3-7/h7H,2-6,13H2,1H3,(H,14,18)(H,15,19)(H,16,17). The number of nitrogens with zero attached hydrogens (tertiary/aromatic N) is 1. The second kappa shape index (κ2) is 6.38. The average Bonchev–Trinajstić information content (AvgIpc) is 3.20. The van der Waals surface area contributed by atoms with Crippen molar-refractivity contribution >= 4 is 17.5 Å². The molecule has 2 amide bonds. The van der Waals surface area contributed by atoms with Gasteiger partial charge in [0.05, 0.1) is 24.5 Å². The lowest BCUT2D eigenvalue weighted by Gasteiger charge is -2.05. The van der Waals surface area contributed by atoms with Gasteiger partial charge in [0, 0.05) is 19.6 Å². The van der Waals surface area contributed by atoms with Crippen molar-refractivity contribution in [2.75, 3.05) is 32.5 Å². The molecule has 1 fully saturated rings. The first-order chi connectivity index (χ1) is 9.63. The van der Waals surface area contributed by atoms with Crippen LogP contribution in [0.1, 0.15) is 34.9 Å². The maximum absolute atomic E-state index is 11.9. The van der Waals surface area contributed by atoms with Crippen LogP contribution in [0.25, 0.3) is 0 Å². The van der Waals surface area contributed by atoms with Gasteiger partial charge in [-0.25, -0.2) is 0 Å². The van der Waals surface area contributed by atoms with Crippen LogP contribution in [0.2, 0.25) is 0 Å². The van der Waals surface area contributed by atoms with Crippen LogP contribution in [-0.2, 0) is 9.53 Å². The van der Waals surface area contributed by atoms with Gasteiger partial charge in [-0.1, -0.05) is 0 Å². The van der Waals surface area contributed by atoms with E-state index in [1.165, 1.54) is 0 Å². The van der Waals surface area contributed by atoms with Gasteiger partial charge in [-0.3, -0.25) is 14.7 Å². The van der Waals surface area contributed by atoms with Gasteiger partial charge in [0.2, 0.25) is 5.91 Å². The Morgan fingerprint density at radius 1 is 1.45 bits per heavy atom. The summed E-state index contributed by atoms with van der Waals surface area (Å²) < 4.78 is 4.80. The topological polar surface area (TPSA) is 122 Å². The number of nitrogens with two attached hydrogens (primary N) is 1. The van der Waals surface area contributed by atoms with Crippen LogP contribution in [0.15, 0.2) is 0 Å². The maximum atomic E-state index is 11.9. The first kappa shape index (κ1) is 14.3. The van der Waals surface area contributed by atoms with Crippen molar-refractivity contribution in [3.8, 4) is 0 Å². The van der Waals surface area contributed by atoms with Crippen molar-refractivity contribution in [2.24, 2.45) is 0 Å². The summed E-state index contributed by atoms with van der Waals surface area (Å²) in [5.74, 6) is -0.346. The van der Waals surface area contributed by atoms with Crippen LogP contribution in [0.3, 0.4) is 0 Å². The molecule has 0 atom stereocenters. The van der Waals surface area contributed by atoms with Crippen LogP contribution in [-0.4, -0.2) is 48.8 Å². The third-order valence-corrected chi connectivity index (χ3v) is 3.07. The molecular weight excluding hydrogens is 262 g/mol. The molecule has 1 aliphatic carbocycles. The van der Waals surface area contributed by atoms with Gasteiger partial charge in [0.25, 0.3) is 5.91 Å². The lowest BCUT2D eigenvalue weighted by atomic mass is 10.2. The number of amides is 2. The van der Waals surface area contributed by atoms with E-state index in [0.717, 1.165) is 18.5 Å². The average molecular weight is 281 g/mol. The Bertz CT molecular complexity index is 495. The number of carbonyl (C=O) groups excluding carboxylic acids is 2. The highest BCUT2D eigenvalue weighted by atomic mass is 16.5. The predicted octanol–water partition coefficient (Wildman–Crippen LogP) is -0.638. The molecule has 0 aliphatic heterocycles. The van der Waals surface area contributed by atoms with E-state index in [1.807, 2.05) is 0 Å². The summed E-state index contributed by atoms with van der Waals surface area (Å²) in [5.41, 5.74) is 7.23. The number of nitrogens with one attached hydrogen (secondary N) is 3. The molecule has 1 saturated carbocycles. The molecule has 1 aromatic heterocycles. The number of rotatable bonds is 7. The van der Waals surface area contributed by atoms with Gasteiger partial charge in [0.1, 0.15) is 0 Å². The molecule has 0 radical (unpaired) electrons. The van der Waals surface area contributed by atoms with Crippen LogP contribution in [0.4, 0.5) is 5.69 Å². The van der Waals surface area contributed by atoms with Gasteiger partial charge in [0.15, 0.2) is 5.69 Å². The van der Waals surface area contributed by atoms with Crippen molar-refractivity contribution in [1.29, 1.82) is 0 Å². The molecule has 1 heterocycles. The van der Waals surface area contributed by atoms with E-state index in [2.05, 4.69) is 20.8 Å². The summed E-state index contributed by atoms with van der Waals surface area (Å²) >= 11 is 0. The predicted molar refractivity (Wildman–Crippen MR) is 72.2 cm³/mol. The fraction of sp³-hybridized carbons (Fsp3) is 0.583. The Labute approximate surface area is 116 Å². The molecule has 1 aliphatic rings. The molecule has 20 heavy (non-hydrogen) atoms. The number of H-pyrrole nitrogens is 1. The van der Waals surface area contributed by atoms with Gasteiger partial charge < -0.3 is 21.1 Å². The highest BCUT2D eigenvalue weighted by molar-refractivity contribution is 5.99. The summed E-state index contributed by atoms with van der Waals surface area (Å²) in [7, 11) is 1.55. The highest BCUT2D eigenvalue weighted by Gasteiger charge is 2.30. The van der Waals surface area contributed by atoms with Crippen molar-refractivity contribution in [3.63, 3.8) is 0 Å². The van der Waals surface area contributed by atoms with Crippen LogP contribution in [0.5, 0.6) is 0 Å². The van der Waals surface area contributed by atoms with E-state index in [9.17, 15) is 9.59 Å². The van der Waals surface area contributed by atoms with E-state index in [-0.39, 0.29) is 18.1 Å². The van der Waals surface area contributed by atoms with Gasteiger partial charge >= 0.3 is 0 Å². The summed E-state index contributed by atoms with van der Waals surface area (Å²) in [6.07, 6.45) is 2.13. The third-order valence-electron chi connectivity index (χ3n) is 3.07. The zero-order chi connectivity index (χ0) is 14.5. The molecule has 8 heteroatoms. The normalized spacial score (nSPS) is 14.1. The zero-order valence-electron chi connectivity index (χ0n) is 11.4. The fourth-order valence-corrected chi connectivity index (χ4v) is 1.82. The van der Waals surface area contributed by atoms with E-state index in [4.69, 9.17) is 10.5 Å². The number of hydrogen-bond donors (Lipinski definition) is 4. The maximum Gasteiger partial charge on any atom is 0.274 e. The molecule has 1 aromatic rings. The van der Waals surface area contributed by atoms with Crippen LogP contribution < -0.4 is 16.4 Å². The monoisotopic (exact) mass is 281 g/mol. The smallest absolute Gasteiger partial charge is 0.274 e. The molecule has 2 rings (SSSR count). The Morgan fingerprint density at radius 3 is 2.85 bits per heavy atom. The molecule has 0 spiro atoms. The number of carbonyl (C=O) groups is 2. The minimum Gasteiger partial charge on any atom is -0.395 e. The van der Waals surface area contributed by atoms with Crippen molar-refractivity contribution in [1.82, 2.24) is 20.8 Å². The second-order valence-electron chi connectivity index (χ2n) is 4.70. The molecule has 0 unspecified atom stereocenters. The van der Waals surface area contributed by atoms with Gasteiger partial charge in [-0.2, -0.15) is 5.10 Å². The zero-order valence-corrected chi connectivity index (χ0v) is 11.4. The van der Waals surface area contributed by atoms with Crippen molar-refractivity contribution in [3.05, 3.63) is 11.4 Å². The summed E-state index contributed by atoms with van der Waals surface area (Å²) in [6, 6.07) is 0. The molecular formula is C12H19N5O3. The Balaban J connectivity index is 1.81. The molecule has 8 nitrogen and oxygen atoms in total. The number of ether oxygens (including phenoxy) is 1. The van der Waals surface area contributed by atoms with Crippen LogP contribution in [0, 0.1) is 0 Å². The van der Waals surface area contributed by atoms with Crippen molar-refractivity contribution < 1.29 is 14.3 Å². The lowest BCUT2D eigenvalue weighted by Crippen LogP contribution is -2.38. The number of anilines is 1. The number of aromatic nitrogens is 2. The molecule has 0 saturated heterocycles. The van der Waals surface area contributed by atoms with Gasteiger partial charge in [-0.05, 0) is 12.8 Å². The van der Waals surface area contributed by atoms with Gasteiger partial charge in [-0.15, -0.1) is 0 Å². The van der Waals surface area contributed by atoms with E-state index < -0.39 is 5.91 Å². The number of hydrogen-bond acceptors (Lipinski definition) is 5. The quantitative estimate of drug-likeness (QED) is 0.495. The molecule has 0 bridgehead atoms. The lowest BCUT2D eigenvalue weighted by molar-refractivity contribution is -0.120. The summed E-state index contributed by atoms with van der Waals surface area (Å²) in [4.78, 5) is 23.3. The Hall–Kier alpha value is -2.09. The minimum atomic E-state index is -0.451. The largest absolute Gasteiger partial charge is 0.395 e. The van der Waals surface area contributed by atoms with E-state index in [0.29, 0.717) is 24.8 Å². The first-order valence-electron chi connectivity index (χ1n) is 6.51. The number of aromatic amines is 1. The molecule has 5 N–H and O–H groups in total. The minimum absolute atomic E-state index is 0.117. The first-order valence-corrected chi connectivity index (χ1v) is 6.51. The van der Waals surface area contributed by atoms with E-state index in [1.54, 1.807) is 7.11 Å². The fourth-order valence-electron chi connectivity index (χ4n) is 1.82. The molecule has 110 valence electrons. The Kier molecular flexibility index (Phi) is 4.57.